The van der Waals surface area contributed by atoms with E-state index in [0.29, 0.717) is 24.6 Å². The number of hydrogen-bond donors (Lipinski definition) is 3. The second-order valence-corrected chi connectivity index (χ2v) is 6.57. The van der Waals surface area contributed by atoms with Gasteiger partial charge in [0.15, 0.2) is 11.7 Å². The minimum atomic E-state index is 0. The molecule has 3 N–H and O–H groups in total. The first kappa shape index (κ1) is 21.4. The van der Waals surface area contributed by atoms with Gasteiger partial charge in [-0.2, -0.15) is 5.10 Å². The van der Waals surface area contributed by atoms with Crippen molar-refractivity contribution in [3.05, 3.63) is 58.5 Å². The molecule has 0 radical (unpaired) electrons. The van der Waals surface area contributed by atoms with Gasteiger partial charge in [0.2, 0.25) is 5.82 Å². The van der Waals surface area contributed by atoms with E-state index < -0.39 is 0 Å². The van der Waals surface area contributed by atoms with E-state index >= 15 is 0 Å². The first-order chi connectivity index (χ1) is 12.7. The van der Waals surface area contributed by atoms with Crippen molar-refractivity contribution in [2.75, 3.05) is 13.6 Å². The van der Waals surface area contributed by atoms with Gasteiger partial charge < -0.3 is 15.1 Å². The first-order valence-corrected chi connectivity index (χ1v) is 9.13. The van der Waals surface area contributed by atoms with Crippen LogP contribution in [0.4, 0.5) is 0 Å². The van der Waals surface area contributed by atoms with Crippen LogP contribution >= 0.6 is 39.9 Å². The lowest BCUT2D eigenvalue weighted by Gasteiger charge is -2.19. The van der Waals surface area contributed by atoms with Gasteiger partial charge in [-0.05, 0) is 30.7 Å². The SMILES string of the molecule is CN=C(NCCc1nc(-c2ccco2)n[nH]1)NC(C)c1ccccc1Br.I. The summed E-state index contributed by atoms with van der Waals surface area (Å²) < 4.78 is 6.37. The van der Waals surface area contributed by atoms with Gasteiger partial charge in [-0.15, -0.1) is 24.0 Å². The Hall–Kier alpha value is -1.88. The van der Waals surface area contributed by atoms with Crippen LogP contribution in [0.2, 0.25) is 0 Å². The van der Waals surface area contributed by atoms with Gasteiger partial charge in [0.05, 0.1) is 12.3 Å². The Bertz CT molecular complexity index is 864. The summed E-state index contributed by atoms with van der Waals surface area (Å²) in [5.41, 5.74) is 1.17. The van der Waals surface area contributed by atoms with Crippen molar-refractivity contribution in [2.45, 2.75) is 19.4 Å². The first-order valence-electron chi connectivity index (χ1n) is 8.34. The molecule has 1 aromatic carbocycles. The van der Waals surface area contributed by atoms with Crippen molar-refractivity contribution < 1.29 is 4.42 Å². The molecule has 2 heterocycles. The number of nitrogens with zero attached hydrogens (tertiary/aromatic N) is 3. The van der Waals surface area contributed by atoms with Gasteiger partial charge in [0.1, 0.15) is 5.82 Å². The number of nitrogens with one attached hydrogen (secondary N) is 3. The number of furan rings is 1. The number of halogens is 2. The van der Waals surface area contributed by atoms with Crippen molar-refractivity contribution in [3.63, 3.8) is 0 Å². The molecule has 2 aromatic heterocycles. The summed E-state index contributed by atoms with van der Waals surface area (Å²) in [5, 5.41) is 13.8. The summed E-state index contributed by atoms with van der Waals surface area (Å²) in [5.74, 6) is 2.74. The molecular formula is C18H22BrIN6O. The minimum Gasteiger partial charge on any atom is -0.461 e. The van der Waals surface area contributed by atoms with E-state index in [1.807, 2.05) is 30.3 Å². The fourth-order valence-corrected chi connectivity index (χ4v) is 3.15. The highest BCUT2D eigenvalue weighted by atomic mass is 127. The molecule has 0 spiro atoms. The van der Waals surface area contributed by atoms with Gasteiger partial charge in [0, 0.05) is 24.5 Å². The third-order valence-corrected chi connectivity index (χ3v) is 4.60. The van der Waals surface area contributed by atoms with Crippen molar-refractivity contribution in [1.82, 2.24) is 25.8 Å². The molecule has 0 saturated carbocycles. The zero-order chi connectivity index (χ0) is 18.4. The van der Waals surface area contributed by atoms with Crippen molar-refractivity contribution in [3.8, 4) is 11.6 Å². The number of aromatic amines is 1. The molecule has 27 heavy (non-hydrogen) atoms. The van der Waals surface area contributed by atoms with Crippen molar-refractivity contribution >= 4 is 45.9 Å². The Morgan fingerprint density at radius 1 is 1.30 bits per heavy atom. The summed E-state index contributed by atoms with van der Waals surface area (Å²) in [4.78, 5) is 8.71. The molecule has 0 aliphatic heterocycles. The van der Waals surface area contributed by atoms with Gasteiger partial charge in [-0.3, -0.25) is 10.1 Å². The predicted molar refractivity (Wildman–Crippen MR) is 120 cm³/mol. The van der Waals surface area contributed by atoms with Crippen LogP contribution in [-0.2, 0) is 6.42 Å². The number of hydrogen-bond acceptors (Lipinski definition) is 4. The maximum Gasteiger partial charge on any atom is 0.216 e. The van der Waals surface area contributed by atoms with Crippen LogP contribution in [-0.4, -0.2) is 34.7 Å². The maximum absolute atomic E-state index is 5.29. The molecule has 0 aliphatic carbocycles. The minimum absolute atomic E-state index is 0. The fourth-order valence-electron chi connectivity index (χ4n) is 2.53. The Morgan fingerprint density at radius 2 is 2.11 bits per heavy atom. The van der Waals surface area contributed by atoms with Crippen LogP contribution in [0.5, 0.6) is 0 Å². The fraction of sp³-hybridized carbons (Fsp3) is 0.278. The van der Waals surface area contributed by atoms with E-state index in [0.717, 1.165) is 16.3 Å². The Labute approximate surface area is 183 Å². The van der Waals surface area contributed by atoms with Crippen LogP contribution < -0.4 is 10.6 Å². The smallest absolute Gasteiger partial charge is 0.216 e. The van der Waals surface area contributed by atoms with E-state index in [2.05, 4.69) is 59.7 Å². The zero-order valence-corrected chi connectivity index (χ0v) is 19.0. The van der Waals surface area contributed by atoms with E-state index in [1.165, 1.54) is 5.56 Å². The quantitative estimate of drug-likeness (QED) is 0.248. The highest BCUT2D eigenvalue weighted by Crippen LogP contribution is 2.22. The Kier molecular flexibility index (Phi) is 8.29. The lowest BCUT2D eigenvalue weighted by Crippen LogP contribution is -2.39. The molecule has 3 aromatic rings. The number of rotatable bonds is 6. The summed E-state index contributed by atoms with van der Waals surface area (Å²) in [6.45, 7) is 2.77. The Balaban J connectivity index is 0.00000261. The number of aliphatic imine (C=N–C) groups is 1. The molecule has 9 heteroatoms. The number of H-pyrrole nitrogens is 1. The van der Waals surface area contributed by atoms with Gasteiger partial charge in [0.25, 0.3) is 0 Å². The third kappa shape index (κ3) is 5.80. The van der Waals surface area contributed by atoms with Crippen LogP contribution in [0, 0.1) is 0 Å². The molecule has 0 bridgehead atoms. The molecule has 144 valence electrons. The Morgan fingerprint density at radius 3 is 2.81 bits per heavy atom. The summed E-state index contributed by atoms with van der Waals surface area (Å²) in [6.07, 6.45) is 2.30. The van der Waals surface area contributed by atoms with Crippen molar-refractivity contribution in [2.24, 2.45) is 4.99 Å². The average molecular weight is 545 g/mol. The van der Waals surface area contributed by atoms with Crippen LogP contribution in [0.25, 0.3) is 11.6 Å². The van der Waals surface area contributed by atoms with E-state index in [1.54, 1.807) is 13.3 Å². The molecular weight excluding hydrogens is 523 g/mol. The predicted octanol–water partition coefficient (Wildman–Crippen LogP) is 3.91. The summed E-state index contributed by atoms with van der Waals surface area (Å²) in [7, 11) is 1.76. The lowest BCUT2D eigenvalue weighted by atomic mass is 10.1. The van der Waals surface area contributed by atoms with Crippen LogP contribution in [0.15, 0.2) is 56.5 Å². The standard InChI is InChI=1S/C18H21BrN6O.HI/c1-12(13-6-3-4-7-14(13)19)22-18(20-2)21-10-9-16-23-17(25-24-16)15-8-5-11-26-15;/h3-8,11-12H,9-10H2,1-2H3,(H2,20,21,22)(H,23,24,25);1H. The zero-order valence-electron chi connectivity index (χ0n) is 15.1. The normalized spacial score (nSPS) is 12.3. The monoisotopic (exact) mass is 544 g/mol. The highest BCUT2D eigenvalue weighted by molar-refractivity contribution is 14.0. The van der Waals surface area contributed by atoms with Crippen LogP contribution in [0.3, 0.4) is 0 Å². The van der Waals surface area contributed by atoms with Gasteiger partial charge in [-0.1, -0.05) is 34.1 Å². The summed E-state index contributed by atoms with van der Waals surface area (Å²) >= 11 is 3.58. The molecule has 0 fully saturated rings. The molecule has 1 unspecified atom stereocenters. The third-order valence-electron chi connectivity index (χ3n) is 3.88. The van der Waals surface area contributed by atoms with E-state index in [-0.39, 0.29) is 30.0 Å². The van der Waals surface area contributed by atoms with Crippen molar-refractivity contribution in [1.29, 1.82) is 0 Å². The molecule has 0 saturated heterocycles. The lowest BCUT2D eigenvalue weighted by molar-refractivity contribution is 0.577. The number of aromatic nitrogens is 3. The van der Waals surface area contributed by atoms with E-state index in [4.69, 9.17) is 4.42 Å². The maximum atomic E-state index is 5.29. The second-order valence-electron chi connectivity index (χ2n) is 5.72. The highest BCUT2D eigenvalue weighted by Gasteiger charge is 2.11. The molecule has 0 aliphatic rings. The van der Waals surface area contributed by atoms with Gasteiger partial charge >= 0.3 is 0 Å². The molecule has 1 atom stereocenters. The average Bonchev–Trinajstić information content (AvgIpc) is 3.32. The molecule has 3 rings (SSSR count). The van der Waals surface area contributed by atoms with Crippen LogP contribution in [0.1, 0.15) is 24.4 Å². The molecule has 0 amide bonds. The topological polar surface area (TPSA) is 91.1 Å². The second kappa shape index (κ2) is 10.5. The number of benzene rings is 1. The van der Waals surface area contributed by atoms with E-state index in [9.17, 15) is 0 Å². The number of guanidine groups is 1. The van der Waals surface area contributed by atoms with Gasteiger partial charge in [-0.25, -0.2) is 4.98 Å². The summed E-state index contributed by atoms with van der Waals surface area (Å²) in [6, 6.07) is 11.9. The molecule has 7 nitrogen and oxygen atoms in total. The largest absolute Gasteiger partial charge is 0.461 e.